The van der Waals surface area contributed by atoms with Gasteiger partial charge in [-0.05, 0) is 46.8 Å². The number of carbonyl (C=O) groups excluding carboxylic acids is 2. The molecular formula is C15H17BrN2O3. The van der Waals surface area contributed by atoms with E-state index in [0.717, 1.165) is 12.8 Å². The van der Waals surface area contributed by atoms with E-state index in [4.69, 9.17) is 0 Å². The number of carbonyl (C=O) groups is 2. The van der Waals surface area contributed by atoms with Crippen LogP contribution in [-0.2, 0) is 4.79 Å². The molecule has 1 aliphatic carbocycles. The molecule has 2 fully saturated rings. The van der Waals surface area contributed by atoms with E-state index >= 15 is 0 Å². The lowest BCUT2D eigenvalue weighted by molar-refractivity contribution is -0.135. The Labute approximate surface area is 131 Å². The molecule has 21 heavy (non-hydrogen) atoms. The lowest BCUT2D eigenvalue weighted by atomic mass is 9.89. The van der Waals surface area contributed by atoms with Crippen molar-refractivity contribution in [2.45, 2.75) is 18.4 Å². The number of aliphatic hydroxyl groups is 1. The second kappa shape index (κ2) is 5.51. The number of rotatable bonds is 4. The van der Waals surface area contributed by atoms with Gasteiger partial charge in [0, 0.05) is 17.6 Å². The summed E-state index contributed by atoms with van der Waals surface area (Å²) < 4.78 is 0.655. The molecule has 2 aliphatic rings. The summed E-state index contributed by atoms with van der Waals surface area (Å²) >= 11 is 3.28. The summed E-state index contributed by atoms with van der Waals surface area (Å²) in [6, 6.07) is 6.96. The van der Waals surface area contributed by atoms with E-state index in [9.17, 15) is 14.7 Å². The molecule has 112 valence electrons. The molecule has 1 heterocycles. The van der Waals surface area contributed by atoms with E-state index in [2.05, 4.69) is 21.2 Å². The number of imide groups is 1. The minimum atomic E-state index is -0.604. The minimum Gasteiger partial charge on any atom is -0.387 e. The van der Waals surface area contributed by atoms with Crippen LogP contribution in [0.2, 0.25) is 0 Å². The highest BCUT2D eigenvalue weighted by Gasteiger charge is 2.51. The SMILES string of the molecule is O=C(CN1CC(O)(C2CC2)C1)NC(=O)c1ccccc1Br. The molecule has 6 heteroatoms. The first-order valence-electron chi connectivity index (χ1n) is 7.01. The van der Waals surface area contributed by atoms with Gasteiger partial charge in [0.25, 0.3) is 5.91 Å². The average molecular weight is 353 g/mol. The summed E-state index contributed by atoms with van der Waals surface area (Å²) in [7, 11) is 0. The molecule has 1 saturated carbocycles. The van der Waals surface area contributed by atoms with Crippen LogP contribution in [0.4, 0.5) is 0 Å². The minimum absolute atomic E-state index is 0.144. The summed E-state index contributed by atoms with van der Waals surface area (Å²) in [6.45, 7) is 1.19. The first-order chi connectivity index (χ1) is 9.98. The largest absolute Gasteiger partial charge is 0.387 e. The Morgan fingerprint density at radius 2 is 2.00 bits per heavy atom. The molecule has 0 spiro atoms. The van der Waals surface area contributed by atoms with Crippen LogP contribution < -0.4 is 5.32 Å². The summed E-state index contributed by atoms with van der Waals surface area (Å²) in [4.78, 5) is 25.7. The third kappa shape index (κ3) is 3.17. The molecule has 0 unspecified atom stereocenters. The van der Waals surface area contributed by atoms with Crippen molar-refractivity contribution in [2.24, 2.45) is 5.92 Å². The standard InChI is InChI=1S/C15H17BrN2O3/c16-12-4-2-1-3-11(12)14(20)17-13(19)7-18-8-15(21,9-18)10-5-6-10/h1-4,10,21H,5-9H2,(H,17,19,20). The van der Waals surface area contributed by atoms with Crippen LogP contribution in [-0.4, -0.2) is 47.1 Å². The van der Waals surface area contributed by atoms with Crippen molar-refractivity contribution < 1.29 is 14.7 Å². The fraction of sp³-hybridized carbons (Fsp3) is 0.467. The Morgan fingerprint density at radius 1 is 1.33 bits per heavy atom. The molecule has 2 N–H and O–H groups in total. The monoisotopic (exact) mass is 352 g/mol. The van der Waals surface area contributed by atoms with Gasteiger partial charge in [-0.25, -0.2) is 0 Å². The molecule has 2 amide bonds. The molecule has 1 aromatic carbocycles. The molecule has 0 atom stereocenters. The molecule has 0 radical (unpaired) electrons. The average Bonchev–Trinajstić information content (AvgIpc) is 3.21. The fourth-order valence-electron chi connectivity index (χ4n) is 2.80. The summed E-state index contributed by atoms with van der Waals surface area (Å²) in [5.41, 5.74) is -0.170. The number of amides is 2. The number of β-amino-alcohol motifs (C(OH)–C–C–N with tert-alkyl or cyclic N) is 1. The van der Waals surface area contributed by atoms with Crippen molar-refractivity contribution in [3.8, 4) is 0 Å². The Bertz CT molecular complexity index is 580. The maximum absolute atomic E-state index is 12.0. The van der Waals surface area contributed by atoms with Crippen molar-refractivity contribution in [3.05, 3.63) is 34.3 Å². The van der Waals surface area contributed by atoms with Crippen molar-refractivity contribution in [3.63, 3.8) is 0 Å². The highest BCUT2D eigenvalue weighted by atomic mass is 79.9. The van der Waals surface area contributed by atoms with Crippen molar-refractivity contribution >= 4 is 27.7 Å². The van der Waals surface area contributed by atoms with Crippen molar-refractivity contribution in [2.75, 3.05) is 19.6 Å². The van der Waals surface area contributed by atoms with Gasteiger partial charge in [-0.1, -0.05) is 12.1 Å². The summed E-state index contributed by atoms with van der Waals surface area (Å²) in [6.07, 6.45) is 2.16. The van der Waals surface area contributed by atoms with Gasteiger partial charge in [-0.3, -0.25) is 19.8 Å². The first kappa shape index (κ1) is 14.7. The Balaban J connectivity index is 1.49. The molecule has 0 aromatic heterocycles. The van der Waals surface area contributed by atoms with Gasteiger partial charge in [0.2, 0.25) is 5.91 Å². The number of nitrogens with one attached hydrogen (secondary N) is 1. The van der Waals surface area contributed by atoms with Gasteiger partial charge < -0.3 is 5.11 Å². The zero-order valence-electron chi connectivity index (χ0n) is 11.5. The smallest absolute Gasteiger partial charge is 0.259 e. The highest BCUT2D eigenvalue weighted by Crippen LogP contribution is 2.44. The molecule has 1 saturated heterocycles. The zero-order valence-corrected chi connectivity index (χ0v) is 13.1. The van der Waals surface area contributed by atoms with Crippen LogP contribution in [0, 0.1) is 5.92 Å². The van der Waals surface area contributed by atoms with E-state index in [0.29, 0.717) is 29.0 Å². The van der Waals surface area contributed by atoms with Gasteiger partial charge in [-0.2, -0.15) is 0 Å². The number of nitrogens with zero attached hydrogens (tertiary/aromatic N) is 1. The first-order valence-corrected chi connectivity index (χ1v) is 7.81. The van der Waals surface area contributed by atoms with Crippen LogP contribution >= 0.6 is 15.9 Å². The van der Waals surface area contributed by atoms with Gasteiger partial charge in [0.05, 0.1) is 17.7 Å². The molecule has 0 bridgehead atoms. The quantitative estimate of drug-likeness (QED) is 0.853. The van der Waals surface area contributed by atoms with Crippen LogP contribution in [0.5, 0.6) is 0 Å². The van der Waals surface area contributed by atoms with E-state index in [-0.39, 0.29) is 12.5 Å². The Hall–Kier alpha value is -1.24. The van der Waals surface area contributed by atoms with E-state index in [1.54, 1.807) is 18.2 Å². The zero-order chi connectivity index (χ0) is 15.0. The van der Waals surface area contributed by atoms with Crippen molar-refractivity contribution in [1.29, 1.82) is 0 Å². The van der Waals surface area contributed by atoms with Crippen molar-refractivity contribution in [1.82, 2.24) is 10.2 Å². The van der Waals surface area contributed by atoms with Gasteiger partial charge in [-0.15, -0.1) is 0 Å². The molecule has 3 rings (SSSR count). The van der Waals surface area contributed by atoms with Crippen LogP contribution in [0.3, 0.4) is 0 Å². The number of hydrogen-bond acceptors (Lipinski definition) is 4. The second-order valence-electron chi connectivity index (χ2n) is 5.88. The van der Waals surface area contributed by atoms with Crippen LogP contribution in [0.1, 0.15) is 23.2 Å². The number of benzene rings is 1. The van der Waals surface area contributed by atoms with Crippen LogP contribution in [0.15, 0.2) is 28.7 Å². The summed E-state index contributed by atoms with van der Waals surface area (Å²) in [5.74, 6) is -0.349. The molecular weight excluding hydrogens is 336 g/mol. The van der Waals surface area contributed by atoms with Gasteiger partial charge in [0.1, 0.15) is 0 Å². The normalized spacial score (nSPS) is 20.7. The van der Waals surface area contributed by atoms with Gasteiger partial charge in [0.15, 0.2) is 0 Å². The highest BCUT2D eigenvalue weighted by molar-refractivity contribution is 9.10. The van der Waals surface area contributed by atoms with E-state index in [1.807, 2.05) is 11.0 Å². The third-order valence-electron chi connectivity index (χ3n) is 4.07. The third-order valence-corrected chi connectivity index (χ3v) is 4.76. The fourth-order valence-corrected chi connectivity index (χ4v) is 3.27. The number of hydrogen-bond donors (Lipinski definition) is 2. The molecule has 1 aromatic rings. The number of likely N-dealkylation sites (tertiary alicyclic amines) is 1. The van der Waals surface area contributed by atoms with Gasteiger partial charge >= 0.3 is 0 Å². The second-order valence-corrected chi connectivity index (χ2v) is 6.73. The van der Waals surface area contributed by atoms with E-state index in [1.165, 1.54) is 0 Å². The molecule has 1 aliphatic heterocycles. The maximum Gasteiger partial charge on any atom is 0.259 e. The molecule has 5 nitrogen and oxygen atoms in total. The summed E-state index contributed by atoms with van der Waals surface area (Å²) in [5, 5.41) is 12.6. The number of halogens is 1. The Morgan fingerprint density at radius 3 is 2.62 bits per heavy atom. The lowest BCUT2D eigenvalue weighted by Crippen LogP contribution is -2.64. The maximum atomic E-state index is 12.0. The predicted octanol–water partition coefficient (Wildman–Crippen LogP) is 1.16. The van der Waals surface area contributed by atoms with Crippen LogP contribution in [0.25, 0.3) is 0 Å². The van der Waals surface area contributed by atoms with E-state index < -0.39 is 11.5 Å². The topological polar surface area (TPSA) is 69.6 Å². The Kier molecular flexibility index (Phi) is 3.86. The lowest BCUT2D eigenvalue weighted by Gasteiger charge is -2.46. The predicted molar refractivity (Wildman–Crippen MR) is 80.7 cm³/mol.